The summed E-state index contributed by atoms with van der Waals surface area (Å²) in [5, 5.41) is 9.60. The lowest BCUT2D eigenvalue weighted by Gasteiger charge is -2.09. The first-order valence-electron chi connectivity index (χ1n) is 4.35. The molecule has 1 aromatic carbocycles. The summed E-state index contributed by atoms with van der Waals surface area (Å²) in [6.45, 7) is 0.130. The van der Waals surface area contributed by atoms with E-state index in [0.717, 1.165) is 5.56 Å². The number of ether oxygens (including phenoxy) is 1. The van der Waals surface area contributed by atoms with Gasteiger partial charge in [-0.25, -0.2) is 4.79 Å². The smallest absolute Gasteiger partial charge is 0.404 e. The van der Waals surface area contributed by atoms with E-state index in [-0.39, 0.29) is 6.61 Å². The molecule has 1 rings (SSSR count). The van der Waals surface area contributed by atoms with Crippen LogP contribution in [-0.2, 0) is 4.74 Å². The maximum Gasteiger partial charge on any atom is 0.404 e. The third kappa shape index (κ3) is 3.45. The molecule has 0 aliphatic heterocycles. The molecule has 0 spiro atoms. The van der Waals surface area contributed by atoms with Gasteiger partial charge in [0.25, 0.3) is 0 Å². The average Bonchev–Trinajstić information content (AvgIpc) is 2.18. The van der Waals surface area contributed by atoms with Gasteiger partial charge in [-0.05, 0) is 5.56 Å². The van der Waals surface area contributed by atoms with E-state index in [1.807, 2.05) is 30.3 Å². The molecule has 14 heavy (non-hydrogen) atoms. The summed E-state index contributed by atoms with van der Waals surface area (Å²) in [4.78, 5) is 10.2. The van der Waals surface area contributed by atoms with Crippen LogP contribution in [-0.4, -0.2) is 17.8 Å². The highest BCUT2D eigenvalue weighted by atomic mass is 16.5. The first-order valence-corrected chi connectivity index (χ1v) is 4.35. The molecule has 0 saturated heterocycles. The first-order chi connectivity index (χ1) is 6.70. The zero-order valence-electron chi connectivity index (χ0n) is 7.72. The fourth-order valence-electron chi connectivity index (χ4n) is 1.11. The Labute approximate surface area is 82.3 Å². The molecule has 0 bridgehead atoms. The molecule has 0 aliphatic rings. The molecule has 1 atom stereocenters. The van der Waals surface area contributed by atoms with E-state index in [4.69, 9.17) is 5.73 Å². The van der Waals surface area contributed by atoms with Gasteiger partial charge in [0.15, 0.2) is 0 Å². The van der Waals surface area contributed by atoms with Crippen LogP contribution >= 0.6 is 0 Å². The number of carbonyl (C=O) groups excluding carboxylic acids is 1. The Morgan fingerprint density at radius 1 is 1.43 bits per heavy atom. The van der Waals surface area contributed by atoms with Crippen molar-refractivity contribution in [2.75, 3.05) is 6.61 Å². The van der Waals surface area contributed by atoms with E-state index in [0.29, 0.717) is 6.42 Å². The summed E-state index contributed by atoms with van der Waals surface area (Å²) in [5.74, 6) is 0. The normalized spacial score (nSPS) is 12.1. The van der Waals surface area contributed by atoms with Crippen molar-refractivity contribution in [2.45, 2.75) is 12.5 Å². The lowest BCUT2D eigenvalue weighted by molar-refractivity contribution is 0.111. The maximum absolute atomic E-state index is 10.2. The Hall–Kier alpha value is -1.55. The lowest BCUT2D eigenvalue weighted by Crippen LogP contribution is -2.15. The Bertz CT molecular complexity index is 287. The highest BCUT2D eigenvalue weighted by Crippen LogP contribution is 2.15. The van der Waals surface area contributed by atoms with Crippen LogP contribution < -0.4 is 5.73 Å². The molecule has 1 aromatic rings. The number of nitrogens with two attached hydrogens (primary N) is 1. The van der Waals surface area contributed by atoms with Crippen molar-refractivity contribution in [3.8, 4) is 0 Å². The van der Waals surface area contributed by atoms with Crippen LogP contribution in [0.5, 0.6) is 0 Å². The van der Waals surface area contributed by atoms with Crippen molar-refractivity contribution < 1.29 is 14.6 Å². The van der Waals surface area contributed by atoms with Crippen LogP contribution in [0.15, 0.2) is 30.3 Å². The third-order valence-electron chi connectivity index (χ3n) is 1.82. The minimum Gasteiger partial charge on any atom is -0.450 e. The molecule has 0 saturated carbocycles. The quantitative estimate of drug-likeness (QED) is 0.758. The minimum atomic E-state index is -0.815. The molecule has 4 heteroatoms. The minimum absolute atomic E-state index is 0.130. The van der Waals surface area contributed by atoms with Gasteiger partial charge in [-0.3, -0.25) is 0 Å². The van der Waals surface area contributed by atoms with Gasteiger partial charge in [-0.2, -0.15) is 0 Å². The lowest BCUT2D eigenvalue weighted by atomic mass is 10.1. The van der Waals surface area contributed by atoms with Crippen LogP contribution in [0.25, 0.3) is 0 Å². The van der Waals surface area contributed by atoms with Gasteiger partial charge in [0.2, 0.25) is 0 Å². The molecule has 76 valence electrons. The molecule has 3 N–H and O–H groups in total. The molecule has 0 aliphatic carbocycles. The van der Waals surface area contributed by atoms with E-state index >= 15 is 0 Å². The Morgan fingerprint density at radius 3 is 2.64 bits per heavy atom. The van der Waals surface area contributed by atoms with Crippen molar-refractivity contribution in [2.24, 2.45) is 5.73 Å². The Morgan fingerprint density at radius 2 is 2.07 bits per heavy atom. The number of benzene rings is 1. The fraction of sp³-hybridized carbons (Fsp3) is 0.300. The number of aliphatic hydroxyl groups is 1. The van der Waals surface area contributed by atoms with Gasteiger partial charge in [0, 0.05) is 6.42 Å². The molecular weight excluding hydrogens is 182 g/mol. The maximum atomic E-state index is 10.2. The highest BCUT2D eigenvalue weighted by Gasteiger charge is 2.06. The van der Waals surface area contributed by atoms with Gasteiger partial charge in [0.05, 0.1) is 12.7 Å². The summed E-state index contributed by atoms with van der Waals surface area (Å²) in [5.41, 5.74) is 5.58. The first kappa shape index (κ1) is 10.5. The summed E-state index contributed by atoms with van der Waals surface area (Å²) in [6, 6.07) is 9.18. The second-order valence-electron chi connectivity index (χ2n) is 2.88. The molecule has 0 heterocycles. The van der Waals surface area contributed by atoms with E-state index in [1.54, 1.807) is 0 Å². The SMILES string of the molecule is NC(=O)OCCC(O)c1ccccc1. The fourth-order valence-corrected chi connectivity index (χ4v) is 1.11. The summed E-state index contributed by atoms with van der Waals surface area (Å²) in [6.07, 6.45) is -1.08. The standard InChI is InChI=1S/C10H13NO3/c11-10(13)14-7-6-9(12)8-4-2-1-3-5-8/h1-5,9,12H,6-7H2,(H2,11,13). The van der Waals surface area contributed by atoms with Crippen LogP contribution in [0.4, 0.5) is 4.79 Å². The van der Waals surface area contributed by atoms with E-state index in [1.165, 1.54) is 0 Å². The summed E-state index contributed by atoms with van der Waals surface area (Å²) >= 11 is 0. The predicted octanol–water partition coefficient (Wildman–Crippen LogP) is 1.21. The van der Waals surface area contributed by atoms with Gasteiger partial charge in [-0.15, -0.1) is 0 Å². The zero-order chi connectivity index (χ0) is 10.4. The van der Waals surface area contributed by atoms with Crippen LogP contribution in [0.1, 0.15) is 18.1 Å². The number of amides is 1. The van der Waals surface area contributed by atoms with Crippen molar-refractivity contribution in [3.05, 3.63) is 35.9 Å². The van der Waals surface area contributed by atoms with Gasteiger partial charge in [0.1, 0.15) is 0 Å². The van der Waals surface area contributed by atoms with Crippen LogP contribution in [0.3, 0.4) is 0 Å². The number of carbonyl (C=O) groups is 1. The number of rotatable bonds is 4. The summed E-state index contributed by atoms with van der Waals surface area (Å²) in [7, 11) is 0. The van der Waals surface area contributed by atoms with Crippen LogP contribution in [0, 0.1) is 0 Å². The largest absolute Gasteiger partial charge is 0.450 e. The van der Waals surface area contributed by atoms with Gasteiger partial charge >= 0.3 is 6.09 Å². The Kier molecular flexibility index (Phi) is 3.94. The van der Waals surface area contributed by atoms with E-state index in [9.17, 15) is 9.90 Å². The van der Waals surface area contributed by atoms with Gasteiger partial charge in [-0.1, -0.05) is 30.3 Å². The van der Waals surface area contributed by atoms with Crippen molar-refractivity contribution in [1.29, 1.82) is 0 Å². The van der Waals surface area contributed by atoms with Gasteiger partial charge < -0.3 is 15.6 Å². The van der Waals surface area contributed by atoms with Crippen LogP contribution in [0.2, 0.25) is 0 Å². The average molecular weight is 195 g/mol. The Balaban J connectivity index is 2.36. The second-order valence-corrected chi connectivity index (χ2v) is 2.88. The monoisotopic (exact) mass is 195 g/mol. The number of hydrogen-bond donors (Lipinski definition) is 2. The topological polar surface area (TPSA) is 72.6 Å². The molecule has 4 nitrogen and oxygen atoms in total. The van der Waals surface area contributed by atoms with Crippen molar-refractivity contribution >= 4 is 6.09 Å². The second kappa shape index (κ2) is 5.24. The highest BCUT2D eigenvalue weighted by molar-refractivity contribution is 5.64. The number of aliphatic hydroxyl groups excluding tert-OH is 1. The van der Waals surface area contributed by atoms with Crippen molar-refractivity contribution in [1.82, 2.24) is 0 Å². The molecule has 1 unspecified atom stereocenters. The number of primary amides is 1. The molecule has 1 amide bonds. The van der Waals surface area contributed by atoms with E-state index in [2.05, 4.69) is 4.74 Å². The predicted molar refractivity (Wildman–Crippen MR) is 51.6 cm³/mol. The molecular formula is C10H13NO3. The summed E-state index contributed by atoms with van der Waals surface area (Å²) < 4.78 is 4.51. The van der Waals surface area contributed by atoms with Crippen molar-refractivity contribution in [3.63, 3.8) is 0 Å². The van der Waals surface area contributed by atoms with E-state index < -0.39 is 12.2 Å². The molecule has 0 fully saturated rings. The third-order valence-corrected chi connectivity index (χ3v) is 1.82. The molecule has 0 radical (unpaired) electrons. The number of hydrogen-bond acceptors (Lipinski definition) is 3. The molecule has 0 aromatic heterocycles. The zero-order valence-corrected chi connectivity index (χ0v) is 7.72.